The molecule has 1 aromatic carbocycles. The number of hydrogen-bond acceptors (Lipinski definition) is 2. The third kappa shape index (κ3) is 1.69. The molecule has 0 heterocycles. The van der Waals surface area contributed by atoms with Gasteiger partial charge in [0.05, 0.1) is 0 Å². The Bertz CT molecular complexity index is 237. The molecule has 10 heavy (non-hydrogen) atoms. The van der Waals surface area contributed by atoms with Gasteiger partial charge in [0.25, 0.3) is 0 Å². The van der Waals surface area contributed by atoms with Crippen LogP contribution in [0.25, 0.3) is 0 Å². The number of phenols is 1. The third-order valence-corrected chi connectivity index (χ3v) is 2.35. The van der Waals surface area contributed by atoms with Crippen LogP contribution in [-0.2, 0) is 5.32 Å². The summed E-state index contributed by atoms with van der Waals surface area (Å²) >= 11 is 6.54. The van der Waals surface area contributed by atoms with Crippen LogP contribution in [0.2, 0.25) is 0 Å². The summed E-state index contributed by atoms with van der Waals surface area (Å²) < 4.78 is 0. The summed E-state index contributed by atoms with van der Waals surface area (Å²) in [7, 11) is 0. The number of hydrogen-bond donors (Lipinski definition) is 2. The molecule has 0 aromatic heterocycles. The summed E-state index contributed by atoms with van der Waals surface area (Å²) in [6, 6.07) is 5.40. The molecule has 1 rings (SSSR count). The second-order valence-electron chi connectivity index (χ2n) is 1.98. The molecule has 0 aliphatic carbocycles. The number of aromatic hydroxyl groups is 1. The van der Waals surface area contributed by atoms with Crippen molar-refractivity contribution in [3.05, 3.63) is 23.8 Å². The van der Waals surface area contributed by atoms with Crippen molar-refractivity contribution >= 4 is 28.6 Å². The van der Waals surface area contributed by atoms with Crippen molar-refractivity contribution in [1.29, 1.82) is 0 Å². The van der Waals surface area contributed by atoms with E-state index in [1.807, 2.05) is 12.1 Å². The zero-order chi connectivity index (χ0) is 7.56. The van der Waals surface area contributed by atoms with Gasteiger partial charge in [-0.1, -0.05) is 0 Å². The van der Waals surface area contributed by atoms with Crippen LogP contribution in [0.4, 0.5) is 0 Å². The first-order chi connectivity index (χ1) is 4.74. The van der Waals surface area contributed by atoms with Gasteiger partial charge in [-0.25, -0.2) is 0 Å². The van der Waals surface area contributed by atoms with Crippen LogP contribution in [0, 0.1) is 0 Å². The molecule has 0 aliphatic heterocycles. The fourth-order valence-corrected chi connectivity index (χ4v) is 1.32. The van der Waals surface area contributed by atoms with Crippen LogP contribution in [0.5, 0.6) is 5.75 Å². The van der Waals surface area contributed by atoms with Crippen molar-refractivity contribution in [3.8, 4) is 5.75 Å². The van der Waals surface area contributed by atoms with Gasteiger partial charge in [-0.15, -0.1) is 0 Å². The van der Waals surface area contributed by atoms with Gasteiger partial charge in [0.15, 0.2) is 0 Å². The fraction of sp³-hybridized carbons (Fsp3) is 0.143. The van der Waals surface area contributed by atoms with Gasteiger partial charge in [-0.2, -0.15) is 0 Å². The number of thiol groups is 1. The van der Waals surface area contributed by atoms with E-state index in [1.165, 1.54) is 5.56 Å². The molecule has 0 radical (unpaired) electrons. The van der Waals surface area contributed by atoms with E-state index in [1.54, 1.807) is 6.07 Å². The first kappa shape index (κ1) is 7.99. The zero-order valence-corrected chi connectivity index (χ0v) is 8.05. The molecule has 0 spiro atoms. The van der Waals surface area contributed by atoms with Crippen LogP contribution in [-0.4, -0.2) is 21.1 Å². The van der Waals surface area contributed by atoms with Crippen LogP contribution >= 0.6 is 12.6 Å². The van der Waals surface area contributed by atoms with Crippen molar-refractivity contribution in [1.82, 2.24) is 0 Å². The summed E-state index contributed by atoms with van der Waals surface area (Å²) in [5.41, 5.74) is 1.17. The molecule has 0 bridgehead atoms. The number of benzene rings is 1. The van der Waals surface area contributed by atoms with E-state index in [-0.39, 0.29) is 5.75 Å². The summed E-state index contributed by atoms with van der Waals surface area (Å²) in [5, 5.41) is 9.98. The maximum atomic E-state index is 9.06. The van der Waals surface area contributed by atoms with Gasteiger partial charge in [0.2, 0.25) is 0 Å². The number of rotatable bonds is 1. The summed E-state index contributed by atoms with van der Waals surface area (Å²) in [5.74, 6) is 0.244. The van der Waals surface area contributed by atoms with Gasteiger partial charge >= 0.3 is 73.5 Å². The molecule has 1 N–H and O–H groups in total. The van der Waals surface area contributed by atoms with Gasteiger partial charge in [-0.3, -0.25) is 0 Å². The fourth-order valence-electron chi connectivity index (χ4n) is 0.667. The van der Waals surface area contributed by atoms with Crippen LogP contribution in [0.3, 0.4) is 0 Å². The molecular formula is C7H8OSSe. The Morgan fingerprint density at radius 1 is 1.50 bits per heavy atom. The van der Waals surface area contributed by atoms with Crippen LogP contribution < -0.4 is 0 Å². The van der Waals surface area contributed by atoms with Crippen LogP contribution in [0.1, 0.15) is 5.56 Å². The van der Waals surface area contributed by atoms with E-state index in [0.717, 1.165) is 5.32 Å². The zero-order valence-electron chi connectivity index (χ0n) is 5.28. The van der Waals surface area contributed by atoms with E-state index >= 15 is 0 Å². The molecule has 0 atom stereocenters. The SMILES string of the molecule is Oc1ccc(C[SeH])cc1S. The van der Waals surface area contributed by atoms with E-state index in [9.17, 15) is 0 Å². The molecular weight excluding hydrogens is 211 g/mol. The van der Waals surface area contributed by atoms with Crippen molar-refractivity contribution < 1.29 is 5.11 Å². The Morgan fingerprint density at radius 3 is 2.70 bits per heavy atom. The van der Waals surface area contributed by atoms with Gasteiger partial charge < -0.3 is 0 Å². The Morgan fingerprint density at radius 2 is 2.20 bits per heavy atom. The molecule has 54 valence electrons. The summed E-state index contributed by atoms with van der Waals surface area (Å²) in [6.45, 7) is 0. The molecule has 0 saturated heterocycles. The van der Waals surface area contributed by atoms with E-state index < -0.39 is 0 Å². The topological polar surface area (TPSA) is 20.2 Å². The molecule has 3 heteroatoms. The first-order valence-corrected chi connectivity index (χ1v) is 4.63. The van der Waals surface area contributed by atoms with Crippen molar-refractivity contribution in [2.75, 3.05) is 0 Å². The molecule has 1 nitrogen and oxygen atoms in total. The monoisotopic (exact) mass is 220 g/mol. The van der Waals surface area contributed by atoms with Crippen molar-refractivity contribution in [2.24, 2.45) is 0 Å². The number of phenolic OH excluding ortho intramolecular Hbond substituents is 1. The van der Waals surface area contributed by atoms with Crippen molar-refractivity contribution in [2.45, 2.75) is 10.2 Å². The van der Waals surface area contributed by atoms with E-state index in [2.05, 4.69) is 28.6 Å². The van der Waals surface area contributed by atoms with Crippen molar-refractivity contribution in [3.63, 3.8) is 0 Å². The summed E-state index contributed by atoms with van der Waals surface area (Å²) in [4.78, 5) is 0.642. The van der Waals surface area contributed by atoms with Gasteiger partial charge in [0, 0.05) is 0 Å². The molecule has 1 aromatic rings. The predicted molar refractivity (Wildman–Crippen MR) is 46.2 cm³/mol. The average molecular weight is 219 g/mol. The summed E-state index contributed by atoms with van der Waals surface area (Å²) in [6.07, 6.45) is 0. The Balaban J connectivity index is 3.04. The molecule has 0 fully saturated rings. The Hall–Kier alpha value is -0.111. The first-order valence-electron chi connectivity index (χ1n) is 2.86. The standard InChI is InChI=1S/C7H8OSSe/c8-6-2-1-5(4-10)3-7(6)9/h1-3,8-10H,4H2. The van der Waals surface area contributed by atoms with Gasteiger partial charge in [-0.05, 0) is 0 Å². The molecule has 0 saturated carbocycles. The third-order valence-electron chi connectivity index (χ3n) is 1.22. The molecule has 0 aliphatic rings. The second-order valence-corrected chi connectivity index (χ2v) is 3.13. The van der Waals surface area contributed by atoms with E-state index in [4.69, 9.17) is 5.11 Å². The Kier molecular flexibility index (Phi) is 2.66. The minimum atomic E-state index is 0.244. The average Bonchev–Trinajstić information content (AvgIpc) is 1.95. The van der Waals surface area contributed by atoms with Gasteiger partial charge in [0.1, 0.15) is 0 Å². The normalized spacial score (nSPS) is 9.80. The minimum absolute atomic E-state index is 0.244. The van der Waals surface area contributed by atoms with Crippen LogP contribution in [0.15, 0.2) is 23.1 Å². The van der Waals surface area contributed by atoms with E-state index in [0.29, 0.717) is 4.90 Å². The quantitative estimate of drug-likeness (QED) is 0.535. The maximum absolute atomic E-state index is 9.06. The molecule has 0 amide bonds. The second kappa shape index (κ2) is 3.33. The predicted octanol–water partition coefficient (Wildman–Crippen LogP) is 1.08. The molecule has 0 unspecified atom stereocenters. The Labute approximate surface area is 73.7 Å².